The number of benzene rings is 2. The third-order valence-electron chi connectivity index (χ3n) is 3.32. The van der Waals surface area contributed by atoms with E-state index < -0.39 is 0 Å². The van der Waals surface area contributed by atoms with Crippen molar-refractivity contribution in [3.05, 3.63) is 70.9 Å². The summed E-state index contributed by atoms with van der Waals surface area (Å²) in [4.78, 5) is 0. The smallest absolute Gasteiger partial charge is 0.0661 e. The van der Waals surface area contributed by atoms with Gasteiger partial charge in [-0.3, -0.25) is 0 Å². The summed E-state index contributed by atoms with van der Waals surface area (Å²) in [5, 5.41) is 1.89. The van der Waals surface area contributed by atoms with Crippen LogP contribution in [0, 0.1) is 0 Å². The molecule has 1 heterocycles. The lowest BCUT2D eigenvalue weighted by Crippen LogP contribution is -2.01. The zero-order chi connectivity index (χ0) is 13.2. The van der Waals surface area contributed by atoms with Crippen molar-refractivity contribution < 1.29 is 0 Å². The zero-order valence-corrected chi connectivity index (χ0v) is 11.3. The third-order valence-corrected chi connectivity index (χ3v) is 3.62. The van der Waals surface area contributed by atoms with Gasteiger partial charge in [0.1, 0.15) is 0 Å². The molecule has 2 aromatic carbocycles. The number of fused-ring (bicyclic) bond motifs is 1. The van der Waals surface area contributed by atoms with Crippen LogP contribution >= 0.6 is 11.6 Å². The van der Waals surface area contributed by atoms with Crippen molar-refractivity contribution in [2.75, 3.05) is 0 Å². The Morgan fingerprint density at radius 2 is 1.79 bits per heavy atom. The summed E-state index contributed by atoms with van der Waals surface area (Å²) < 4.78 is 2.17. The van der Waals surface area contributed by atoms with Gasteiger partial charge in [-0.1, -0.05) is 54.1 Å². The second-order valence-corrected chi connectivity index (χ2v) is 5.05. The van der Waals surface area contributed by atoms with Crippen LogP contribution in [-0.4, -0.2) is 4.57 Å². The molecular weight excluding hydrogens is 256 g/mol. The van der Waals surface area contributed by atoms with Gasteiger partial charge in [0.25, 0.3) is 0 Å². The molecule has 96 valence electrons. The summed E-state index contributed by atoms with van der Waals surface area (Å²) in [6.45, 7) is 1.38. The zero-order valence-electron chi connectivity index (χ0n) is 10.5. The Bertz CT molecular complexity index is 716. The van der Waals surface area contributed by atoms with E-state index in [1.54, 1.807) is 0 Å². The average Bonchev–Trinajstić information content (AvgIpc) is 2.76. The fourth-order valence-electron chi connectivity index (χ4n) is 2.38. The monoisotopic (exact) mass is 270 g/mol. The number of hydrogen-bond acceptors (Lipinski definition) is 1. The molecule has 0 aliphatic rings. The average molecular weight is 271 g/mol. The maximum atomic E-state index is 6.26. The van der Waals surface area contributed by atoms with Crippen molar-refractivity contribution in [3.8, 4) is 0 Å². The van der Waals surface area contributed by atoms with Crippen LogP contribution in [0.25, 0.3) is 10.9 Å². The molecule has 0 fully saturated rings. The number of halogens is 1. The Morgan fingerprint density at radius 1 is 1.00 bits per heavy atom. The Hall–Kier alpha value is -1.77. The molecule has 0 bridgehead atoms. The number of nitrogens with two attached hydrogens (primary N) is 1. The molecule has 0 saturated carbocycles. The van der Waals surface area contributed by atoms with Crippen molar-refractivity contribution in [2.24, 2.45) is 5.73 Å². The van der Waals surface area contributed by atoms with E-state index in [9.17, 15) is 0 Å². The minimum atomic E-state index is 0.570. The van der Waals surface area contributed by atoms with Crippen molar-refractivity contribution in [3.63, 3.8) is 0 Å². The Labute approximate surface area is 117 Å². The van der Waals surface area contributed by atoms with Crippen LogP contribution in [0.4, 0.5) is 0 Å². The molecule has 19 heavy (non-hydrogen) atoms. The van der Waals surface area contributed by atoms with E-state index >= 15 is 0 Å². The first-order valence-electron chi connectivity index (χ1n) is 6.29. The van der Waals surface area contributed by atoms with Crippen LogP contribution in [-0.2, 0) is 13.1 Å². The van der Waals surface area contributed by atoms with Gasteiger partial charge in [0.15, 0.2) is 0 Å². The van der Waals surface area contributed by atoms with Gasteiger partial charge in [-0.05, 0) is 17.2 Å². The maximum Gasteiger partial charge on any atom is 0.0661 e. The van der Waals surface area contributed by atoms with E-state index in [0.717, 1.165) is 28.0 Å². The first-order chi connectivity index (χ1) is 9.28. The quantitative estimate of drug-likeness (QED) is 0.771. The second kappa shape index (κ2) is 5.08. The molecule has 0 amide bonds. The molecule has 0 unspecified atom stereocenters. The molecule has 2 N–H and O–H groups in total. The topological polar surface area (TPSA) is 30.9 Å². The van der Waals surface area contributed by atoms with E-state index in [4.69, 9.17) is 17.3 Å². The van der Waals surface area contributed by atoms with E-state index in [2.05, 4.69) is 22.8 Å². The van der Waals surface area contributed by atoms with Gasteiger partial charge in [-0.15, -0.1) is 0 Å². The van der Waals surface area contributed by atoms with Crippen LogP contribution in [0.15, 0.2) is 54.7 Å². The summed E-state index contributed by atoms with van der Waals surface area (Å²) in [6, 6.07) is 16.5. The molecule has 3 heteroatoms. The molecule has 0 spiro atoms. The molecular formula is C16H15ClN2. The van der Waals surface area contributed by atoms with Gasteiger partial charge < -0.3 is 10.3 Å². The molecule has 3 rings (SSSR count). The summed E-state index contributed by atoms with van der Waals surface area (Å²) in [7, 11) is 0. The highest BCUT2D eigenvalue weighted by Crippen LogP contribution is 2.26. The third kappa shape index (κ3) is 2.37. The Kier molecular flexibility index (Phi) is 3.28. The fraction of sp³-hybridized carbons (Fsp3) is 0.125. The SMILES string of the molecule is NCc1cccc(Cn2cc(Cl)c3ccccc32)c1. The second-order valence-electron chi connectivity index (χ2n) is 4.65. The van der Waals surface area contributed by atoms with Crippen LogP contribution in [0.1, 0.15) is 11.1 Å². The van der Waals surface area contributed by atoms with Crippen molar-refractivity contribution in [1.82, 2.24) is 4.57 Å². The molecule has 3 aromatic rings. The van der Waals surface area contributed by atoms with E-state index in [1.165, 1.54) is 5.56 Å². The minimum Gasteiger partial charge on any atom is -0.342 e. The standard InChI is InChI=1S/C16H15ClN2/c17-15-11-19(16-7-2-1-6-14(15)16)10-13-5-3-4-12(8-13)9-18/h1-8,11H,9-10,18H2. The Morgan fingerprint density at radius 3 is 2.63 bits per heavy atom. The van der Waals surface area contributed by atoms with E-state index in [-0.39, 0.29) is 0 Å². The summed E-state index contributed by atoms with van der Waals surface area (Å²) in [5.41, 5.74) is 9.23. The van der Waals surface area contributed by atoms with Crippen LogP contribution in [0.5, 0.6) is 0 Å². The van der Waals surface area contributed by atoms with Crippen LogP contribution in [0.2, 0.25) is 5.02 Å². The Balaban J connectivity index is 2.01. The number of aromatic nitrogens is 1. The molecule has 1 aromatic heterocycles. The highest BCUT2D eigenvalue weighted by Gasteiger charge is 2.06. The van der Waals surface area contributed by atoms with E-state index in [0.29, 0.717) is 6.54 Å². The number of hydrogen-bond donors (Lipinski definition) is 1. The van der Waals surface area contributed by atoms with Gasteiger partial charge >= 0.3 is 0 Å². The normalized spacial score (nSPS) is 11.1. The fourth-order valence-corrected chi connectivity index (χ4v) is 2.66. The van der Waals surface area contributed by atoms with Crippen LogP contribution in [0.3, 0.4) is 0 Å². The molecule has 0 radical (unpaired) electrons. The van der Waals surface area contributed by atoms with Crippen molar-refractivity contribution >= 4 is 22.5 Å². The van der Waals surface area contributed by atoms with Gasteiger partial charge in [0, 0.05) is 30.2 Å². The predicted octanol–water partition coefficient (Wildman–Crippen LogP) is 3.80. The number of nitrogens with zero attached hydrogens (tertiary/aromatic N) is 1. The number of para-hydroxylation sites is 1. The van der Waals surface area contributed by atoms with Crippen molar-refractivity contribution in [1.29, 1.82) is 0 Å². The van der Waals surface area contributed by atoms with Gasteiger partial charge in [-0.25, -0.2) is 0 Å². The first-order valence-corrected chi connectivity index (χ1v) is 6.67. The summed E-state index contributed by atoms with van der Waals surface area (Å²) in [5.74, 6) is 0. The first kappa shape index (κ1) is 12.3. The summed E-state index contributed by atoms with van der Waals surface area (Å²) in [6.07, 6.45) is 1.99. The molecule has 0 aliphatic heterocycles. The van der Waals surface area contributed by atoms with Gasteiger partial charge in [-0.2, -0.15) is 0 Å². The lowest BCUT2D eigenvalue weighted by molar-refractivity contribution is 0.834. The molecule has 0 aliphatic carbocycles. The highest BCUT2D eigenvalue weighted by atomic mass is 35.5. The van der Waals surface area contributed by atoms with Gasteiger partial charge in [0.2, 0.25) is 0 Å². The molecule has 0 atom stereocenters. The van der Waals surface area contributed by atoms with Crippen LogP contribution < -0.4 is 5.73 Å². The molecule has 2 nitrogen and oxygen atoms in total. The van der Waals surface area contributed by atoms with Gasteiger partial charge in [0.05, 0.1) is 5.02 Å². The lowest BCUT2D eigenvalue weighted by Gasteiger charge is -2.07. The minimum absolute atomic E-state index is 0.570. The van der Waals surface area contributed by atoms with E-state index in [1.807, 2.05) is 36.5 Å². The molecule has 0 saturated heterocycles. The lowest BCUT2D eigenvalue weighted by atomic mass is 10.1. The van der Waals surface area contributed by atoms with Crippen molar-refractivity contribution in [2.45, 2.75) is 13.1 Å². The maximum absolute atomic E-state index is 6.26. The predicted molar refractivity (Wildman–Crippen MR) is 80.4 cm³/mol. The summed E-state index contributed by atoms with van der Waals surface area (Å²) >= 11 is 6.26. The highest BCUT2D eigenvalue weighted by molar-refractivity contribution is 6.35. The number of rotatable bonds is 3. The largest absolute Gasteiger partial charge is 0.342 e.